The molecule has 0 atom stereocenters. The lowest BCUT2D eigenvalue weighted by Gasteiger charge is -2.22. The highest BCUT2D eigenvalue weighted by Crippen LogP contribution is 2.30. The van der Waals surface area contributed by atoms with E-state index in [4.69, 9.17) is 0 Å². The van der Waals surface area contributed by atoms with Crippen LogP contribution >= 0.6 is 0 Å². The molecule has 0 bridgehead atoms. The van der Waals surface area contributed by atoms with Gasteiger partial charge >= 0.3 is 0 Å². The molecule has 1 aromatic heterocycles. The summed E-state index contributed by atoms with van der Waals surface area (Å²) in [7, 11) is 0. The van der Waals surface area contributed by atoms with Crippen LogP contribution in [-0.4, -0.2) is 15.5 Å². The standard InChI is InChI=1S/C19H28N4/c1-12(2)15-10-8-9-13(3)18(15)22-16-11-17(21-14(4)20-16)23-19(5,6)7/h8-12H,1-7H3,(H2,20,21,22,23). The maximum atomic E-state index is 4.54. The minimum absolute atomic E-state index is 0.0379. The maximum absolute atomic E-state index is 4.54. The van der Waals surface area contributed by atoms with E-state index in [-0.39, 0.29) is 5.54 Å². The monoisotopic (exact) mass is 312 g/mol. The second-order valence-corrected chi connectivity index (χ2v) is 7.38. The minimum atomic E-state index is -0.0379. The van der Waals surface area contributed by atoms with Crippen LogP contribution in [0.2, 0.25) is 0 Å². The van der Waals surface area contributed by atoms with Crippen molar-refractivity contribution in [1.29, 1.82) is 0 Å². The van der Waals surface area contributed by atoms with Gasteiger partial charge in [-0.05, 0) is 51.7 Å². The van der Waals surface area contributed by atoms with Gasteiger partial charge in [0, 0.05) is 17.3 Å². The summed E-state index contributed by atoms with van der Waals surface area (Å²) in [5.74, 6) is 2.86. The van der Waals surface area contributed by atoms with Crippen LogP contribution in [0.4, 0.5) is 17.3 Å². The maximum Gasteiger partial charge on any atom is 0.136 e. The van der Waals surface area contributed by atoms with Gasteiger partial charge in [0.15, 0.2) is 0 Å². The topological polar surface area (TPSA) is 49.8 Å². The Morgan fingerprint density at radius 2 is 1.65 bits per heavy atom. The van der Waals surface area contributed by atoms with Gasteiger partial charge in [0.05, 0.1) is 0 Å². The quantitative estimate of drug-likeness (QED) is 0.817. The number of aromatic nitrogens is 2. The minimum Gasteiger partial charge on any atom is -0.365 e. The number of aryl methyl sites for hydroxylation is 2. The van der Waals surface area contributed by atoms with Crippen LogP contribution in [0.25, 0.3) is 0 Å². The van der Waals surface area contributed by atoms with Gasteiger partial charge in [-0.3, -0.25) is 0 Å². The highest BCUT2D eigenvalue weighted by molar-refractivity contribution is 5.67. The van der Waals surface area contributed by atoms with Gasteiger partial charge in [-0.2, -0.15) is 0 Å². The molecule has 0 spiro atoms. The third kappa shape index (κ3) is 4.68. The second kappa shape index (κ2) is 6.57. The van der Waals surface area contributed by atoms with E-state index < -0.39 is 0 Å². The molecule has 0 aliphatic rings. The summed E-state index contributed by atoms with van der Waals surface area (Å²) in [6.45, 7) is 14.8. The zero-order valence-electron chi connectivity index (χ0n) is 15.3. The Morgan fingerprint density at radius 3 is 2.26 bits per heavy atom. The zero-order valence-corrected chi connectivity index (χ0v) is 15.3. The van der Waals surface area contributed by atoms with Crippen molar-refractivity contribution in [2.45, 2.75) is 59.9 Å². The molecule has 0 radical (unpaired) electrons. The molecule has 2 aromatic rings. The second-order valence-electron chi connectivity index (χ2n) is 7.38. The summed E-state index contributed by atoms with van der Waals surface area (Å²) in [5.41, 5.74) is 3.62. The molecule has 0 aliphatic carbocycles. The smallest absolute Gasteiger partial charge is 0.136 e. The number of para-hydroxylation sites is 1. The Bertz CT molecular complexity index is 684. The van der Waals surface area contributed by atoms with Crippen molar-refractivity contribution < 1.29 is 0 Å². The lowest BCUT2D eigenvalue weighted by molar-refractivity contribution is 0.629. The molecule has 0 fully saturated rings. The molecule has 1 aromatic carbocycles. The van der Waals surface area contributed by atoms with E-state index >= 15 is 0 Å². The van der Waals surface area contributed by atoms with Crippen LogP contribution in [0.15, 0.2) is 24.3 Å². The van der Waals surface area contributed by atoms with E-state index in [9.17, 15) is 0 Å². The number of benzene rings is 1. The summed E-state index contributed by atoms with van der Waals surface area (Å²) in [6, 6.07) is 8.36. The fraction of sp³-hybridized carbons (Fsp3) is 0.474. The SMILES string of the molecule is Cc1nc(Nc2c(C)cccc2C(C)C)cc(NC(C)(C)C)n1. The van der Waals surface area contributed by atoms with E-state index in [1.807, 2.05) is 13.0 Å². The number of anilines is 3. The molecule has 2 N–H and O–H groups in total. The zero-order chi connectivity index (χ0) is 17.2. The van der Waals surface area contributed by atoms with E-state index in [1.54, 1.807) is 0 Å². The summed E-state index contributed by atoms with van der Waals surface area (Å²) in [5, 5.41) is 6.91. The summed E-state index contributed by atoms with van der Waals surface area (Å²) < 4.78 is 0. The Balaban J connectivity index is 2.38. The number of nitrogens with one attached hydrogen (secondary N) is 2. The van der Waals surface area contributed by atoms with E-state index in [2.05, 4.69) is 80.3 Å². The summed E-state index contributed by atoms with van der Waals surface area (Å²) in [6.07, 6.45) is 0. The fourth-order valence-corrected chi connectivity index (χ4v) is 2.55. The van der Waals surface area contributed by atoms with Gasteiger partial charge in [0.25, 0.3) is 0 Å². The van der Waals surface area contributed by atoms with Crippen LogP contribution in [0, 0.1) is 13.8 Å². The Labute approximate surface area is 139 Å². The first-order chi connectivity index (χ1) is 10.7. The largest absolute Gasteiger partial charge is 0.365 e. The van der Waals surface area contributed by atoms with Crippen molar-refractivity contribution in [1.82, 2.24) is 9.97 Å². The lowest BCUT2D eigenvalue weighted by Crippen LogP contribution is -2.27. The van der Waals surface area contributed by atoms with Crippen LogP contribution in [-0.2, 0) is 0 Å². The first-order valence-electron chi connectivity index (χ1n) is 8.16. The molecule has 4 nitrogen and oxygen atoms in total. The van der Waals surface area contributed by atoms with E-state index in [1.165, 1.54) is 11.1 Å². The third-order valence-corrected chi connectivity index (χ3v) is 3.52. The number of hydrogen-bond acceptors (Lipinski definition) is 4. The van der Waals surface area contributed by atoms with Crippen molar-refractivity contribution in [3.8, 4) is 0 Å². The molecular formula is C19H28N4. The third-order valence-electron chi connectivity index (χ3n) is 3.52. The Kier molecular flexibility index (Phi) is 4.93. The Morgan fingerprint density at radius 1 is 1.00 bits per heavy atom. The molecule has 124 valence electrons. The summed E-state index contributed by atoms with van der Waals surface area (Å²) in [4.78, 5) is 9.02. The first-order valence-corrected chi connectivity index (χ1v) is 8.16. The molecule has 0 saturated heterocycles. The van der Waals surface area contributed by atoms with Gasteiger partial charge in [0.2, 0.25) is 0 Å². The van der Waals surface area contributed by atoms with Crippen molar-refractivity contribution in [2.24, 2.45) is 0 Å². The van der Waals surface area contributed by atoms with Crippen LogP contribution in [0.1, 0.15) is 57.5 Å². The van der Waals surface area contributed by atoms with Crippen LogP contribution in [0.5, 0.6) is 0 Å². The predicted molar refractivity (Wildman–Crippen MR) is 98.7 cm³/mol. The molecule has 0 amide bonds. The summed E-state index contributed by atoms with van der Waals surface area (Å²) >= 11 is 0. The number of rotatable bonds is 4. The molecular weight excluding hydrogens is 284 g/mol. The number of hydrogen-bond donors (Lipinski definition) is 2. The molecule has 2 rings (SSSR count). The first kappa shape index (κ1) is 17.3. The van der Waals surface area contributed by atoms with Gasteiger partial charge in [-0.25, -0.2) is 9.97 Å². The van der Waals surface area contributed by atoms with Gasteiger partial charge in [0.1, 0.15) is 17.5 Å². The molecule has 4 heteroatoms. The molecule has 0 saturated carbocycles. The van der Waals surface area contributed by atoms with Crippen LogP contribution in [0.3, 0.4) is 0 Å². The van der Waals surface area contributed by atoms with Gasteiger partial charge < -0.3 is 10.6 Å². The normalized spacial score (nSPS) is 11.7. The van der Waals surface area contributed by atoms with E-state index in [0.717, 1.165) is 23.1 Å². The molecule has 1 heterocycles. The van der Waals surface area contributed by atoms with Crippen LogP contribution < -0.4 is 10.6 Å². The highest BCUT2D eigenvalue weighted by Gasteiger charge is 2.13. The predicted octanol–water partition coefficient (Wildman–Crippen LogP) is 5.17. The van der Waals surface area contributed by atoms with Crippen molar-refractivity contribution >= 4 is 17.3 Å². The van der Waals surface area contributed by atoms with Gasteiger partial charge in [-0.1, -0.05) is 32.0 Å². The lowest BCUT2D eigenvalue weighted by atomic mass is 9.98. The van der Waals surface area contributed by atoms with Crippen molar-refractivity contribution in [2.75, 3.05) is 10.6 Å². The Hall–Kier alpha value is -2.10. The highest BCUT2D eigenvalue weighted by atomic mass is 15.1. The van der Waals surface area contributed by atoms with E-state index in [0.29, 0.717) is 5.92 Å². The average Bonchev–Trinajstić information content (AvgIpc) is 2.38. The molecule has 0 aliphatic heterocycles. The molecule has 23 heavy (non-hydrogen) atoms. The number of nitrogens with zero attached hydrogens (tertiary/aromatic N) is 2. The van der Waals surface area contributed by atoms with Crippen molar-refractivity contribution in [3.63, 3.8) is 0 Å². The average molecular weight is 312 g/mol. The fourth-order valence-electron chi connectivity index (χ4n) is 2.55. The van der Waals surface area contributed by atoms with Crippen molar-refractivity contribution in [3.05, 3.63) is 41.2 Å². The molecule has 0 unspecified atom stereocenters. The van der Waals surface area contributed by atoms with Gasteiger partial charge in [-0.15, -0.1) is 0 Å².